The van der Waals surface area contributed by atoms with Gasteiger partial charge in [0.15, 0.2) is 11.6 Å². The summed E-state index contributed by atoms with van der Waals surface area (Å²) in [6, 6.07) is 19.0. The number of carbonyl (C=O) groups excluding carboxylic acids is 2. The van der Waals surface area contributed by atoms with E-state index >= 15 is 0 Å². The van der Waals surface area contributed by atoms with Gasteiger partial charge in [-0.2, -0.15) is 0 Å². The van der Waals surface area contributed by atoms with E-state index in [-0.39, 0.29) is 43.4 Å². The smallest absolute Gasteiger partial charge is 0.242 e. The van der Waals surface area contributed by atoms with Crippen LogP contribution < -0.4 is 9.62 Å². The molecule has 10 heteroatoms. The van der Waals surface area contributed by atoms with Gasteiger partial charge in [0, 0.05) is 39.0 Å². The van der Waals surface area contributed by atoms with Gasteiger partial charge in [-0.15, -0.1) is 0 Å². The van der Waals surface area contributed by atoms with Gasteiger partial charge < -0.3 is 10.2 Å². The van der Waals surface area contributed by atoms with Crippen LogP contribution in [-0.2, 0) is 32.6 Å². The van der Waals surface area contributed by atoms with E-state index in [9.17, 15) is 26.8 Å². The molecule has 0 aliphatic heterocycles. The number of halogens is 2. The highest BCUT2D eigenvalue weighted by Crippen LogP contribution is 2.22. The minimum atomic E-state index is -3.84. The summed E-state index contributed by atoms with van der Waals surface area (Å²) in [7, 11) is -2.32. The van der Waals surface area contributed by atoms with E-state index in [0.717, 1.165) is 39.4 Å². The zero-order valence-electron chi connectivity index (χ0n) is 22.2. The molecule has 0 radical (unpaired) electrons. The van der Waals surface area contributed by atoms with E-state index in [2.05, 4.69) is 5.32 Å². The number of sulfonamides is 1. The maximum Gasteiger partial charge on any atom is 0.242 e. The fraction of sp³-hybridized carbons (Fsp3) is 0.310. The lowest BCUT2D eigenvalue weighted by molar-refractivity contribution is -0.141. The highest BCUT2D eigenvalue weighted by atomic mass is 32.2. The second-order valence-electron chi connectivity index (χ2n) is 9.30. The van der Waals surface area contributed by atoms with E-state index in [4.69, 9.17) is 0 Å². The molecular formula is C29H33F2N3O4S. The van der Waals surface area contributed by atoms with Crippen molar-refractivity contribution in [2.24, 2.45) is 0 Å². The molecule has 0 saturated carbocycles. The van der Waals surface area contributed by atoms with Crippen LogP contribution in [0.15, 0.2) is 72.8 Å². The number of nitrogens with one attached hydrogen (secondary N) is 1. The molecular weight excluding hydrogens is 524 g/mol. The van der Waals surface area contributed by atoms with Gasteiger partial charge in [-0.3, -0.25) is 13.9 Å². The van der Waals surface area contributed by atoms with E-state index in [1.165, 1.54) is 18.0 Å². The Bertz CT molecular complexity index is 1400. The third kappa shape index (κ3) is 8.10. The number of anilines is 1. The summed E-state index contributed by atoms with van der Waals surface area (Å²) in [5.41, 5.74) is 2.70. The first-order chi connectivity index (χ1) is 18.5. The molecule has 0 heterocycles. The summed E-state index contributed by atoms with van der Waals surface area (Å²) in [6.45, 7) is 1.99. The van der Waals surface area contributed by atoms with Crippen LogP contribution in [0.5, 0.6) is 0 Å². The second kappa shape index (κ2) is 13.3. The monoisotopic (exact) mass is 557 g/mol. The molecule has 3 aromatic carbocycles. The number of likely N-dealkylation sites (N-methyl/N-ethyl adjacent to an activating group) is 1. The lowest BCUT2D eigenvalue weighted by atomic mass is 10.0. The number of hydrogen-bond acceptors (Lipinski definition) is 4. The van der Waals surface area contributed by atoms with Gasteiger partial charge in [-0.25, -0.2) is 17.2 Å². The highest BCUT2D eigenvalue weighted by molar-refractivity contribution is 7.92. The Morgan fingerprint density at radius 2 is 1.62 bits per heavy atom. The molecule has 2 amide bonds. The summed E-state index contributed by atoms with van der Waals surface area (Å²) in [5, 5.41) is 2.66. The molecule has 39 heavy (non-hydrogen) atoms. The van der Waals surface area contributed by atoms with Gasteiger partial charge >= 0.3 is 0 Å². The first-order valence-corrected chi connectivity index (χ1v) is 14.4. The van der Waals surface area contributed by atoms with Crippen molar-refractivity contribution < 1.29 is 26.8 Å². The number of rotatable bonds is 12. The van der Waals surface area contributed by atoms with Crippen molar-refractivity contribution in [3.05, 3.63) is 101 Å². The molecule has 7 nitrogen and oxygen atoms in total. The average Bonchev–Trinajstić information content (AvgIpc) is 2.90. The first kappa shape index (κ1) is 29.8. The van der Waals surface area contributed by atoms with Crippen molar-refractivity contribution in [2.75, 3.05) is 24.2 Å². The average molecular weight is 558 g/mol. The number of amides is 2. The van der Waals surface area contributed by atoms with Crippen molar-refractivity contribution >= 4 is 27.5 Å². The predicted octanol–water partition coefficient (Wildman–Crippen LogP) is 4.21. The fourth-order valence-electron chi connectivity index (χ4n) is 4.34. The molecule has 3 aromatic rings. The van der Waals surface area contributed by atoms with E-state index < -0.39 is 27.7 Å². The molecule has 1 unspecified atom stereocenters. The molecule has 3 rings (SSSR count). The van der Waals surface area contributed by atoms with E-state index in [1.54, 1.807) is 0 Å². The van der Waals surface area contributed by atoms with Crippen LogP contribution in [0.2, 0.25) is 0 Å². The molecule has 0 fully saturated rings. The number of nitrogens with zero attached hydrogens (tertiary/aromatic N) is 2. The van der Waals surface area contributed by atoms with Gasteiger partial charge in [0.25, 0.3) is 0 Å². The minimum Gasteiger partial charge on any atom is -0.357 e. The lowest BCUT2D eigenvalue weighted by Gasteiger charge is -2.32. The fourth-order valence-corrected chi connectivity index (χ4v) is 5.29. The molecule has 0 aromatic heterocycles. The Hall–Kier alpha value is -3.79. The maximum atomic E-state index is 13.8. The normalized spacial score (nSPS) is 12.0. The Kier molecular flexibility index (Phi) is 10.2. The predicted molar refractivity (Wildman–Crippen MR) is 148 cm³/mol. The second-order valence-corrected chi connectivity index (χ2v) is 11.2. The van der Waals surface area contributed by atoms with Crippen molar-refractivity contribution in [3.8, 4) is 0 Å². The Balaban J connectivity index is 1.86. The van der Waals surface area contributed by atoms with Crippen LogP contribution in [-0.4, -0.2) is 51.0 Å². The molecule has 208 valence electrons. The van der Waals surface area contributed by atoms with Crippen LogP contribution in [0.1, 0.15) is 29.5 Å². The molecule has 0 aliphatic carbocycles. The Morgan fingerprint density at radius 1 is 0.949 bits per heavy atom. The molecule has 1 atom stereocenters. The summed E-state index contributed by atoms with van der Waals surface area (Å²) in [6.07, 6.45) is 1.29. The zero-order chi connectivity index (χ0) is 28.6. The van der Waals surface area contributed by atoms with Crippen molar-refractivity contribution in [1.29, 1.82) is 0 Å². The quantitative estimate of drug-likeness (QED) is 0.362. The highest BCUT2D eigenvalue weighted by Gasteiger charge is 2.30. The maximum absolute atomic E-state index is 13.8. The Morgan fingerprint density at radius 3 is 2.23 bits per heavy atom. The molecule has 0 spiro atoms. The summed E-state index contributed by atoms with van der Waals surface area (Å²) in [4.78, 5) is 28.2. The van der Waals surface area contributed by atoms with Gasteiger partial charge in [0.1, 0.15) is 6.04 Å². The summed E-state index contributed by atoms with van der Waals surface area (Å²) in [5.74, 6) is -2.91. The van der Waals surface area contributed by atoms with Crippen LogP contribution in [0.3, 0.4) is 0 Å². The van der Waals surface area contributed by atoms with Crippen molar-refractivity contribution in [1.82, 2.24) is 10.2 Å². The van der Waals surface area contributed by atoms with Crippen molar-refractivity contribution in [3.63, 3.8) is 0 Å². The largest absolute Gasteiger partial charge is 0.357 e. The van der Waals surface area contributed by atoms with Crippen molar-refractivity contribution in [2.45, 2.75) is 38.8 Å². The van der Waals surface area contributed by atoms with Gasteiger partial charge in [0.2, 0.25) is 21.8 Å². The van der Waals surface area contributed by atoms with Gasteiger partial charge in [-0.05, 0) is 42.2 Å². The zero-order valence-corrected chi connectivity index (χ0v) is 23.0. The number of aryl methyl sites for hydroxylation is 1. The van der Waals surface area contributed by atoms with Crippen LogP contribution in [0, 0.1) is 18.6 Å². The van der Waals surface area contributed by atoms with Gasteiger partial charge in [0.05, 0.1) is 11.9 Å². The summed E-state index contributed by atoms with van der Waals surface area (Å²) >= 11 is 0. The minimum absolute atomic E-state index is 0.0343. The topological polar surface area (TPSA) is 86.8 Å². The van der Waals surface area contributed by atoms with Gasteiger partial charge in [-0.1, -0.05) is 54.6 Å². The lowest BCUT2D eigenvalue weighted by Crippen LogP contribution is -2.50. The SMILES string of the molecule is CNC(=O)C(Cc1ccccc1)N(Cc1ccccc1C)C(=O)CCCN(c1ccc(F)c(F)c1)S(C)(=O)=O. The number of carbonyl (C=O) groups is 2. The third-order valence-electron chi connectivity index (χ3n) is 6.46. The molecule has 0 saturated heterocycles. The van der Waals surface area contributed by atoms with Crippen LogP contribution in [0.4, 0.5) is 14.5 Å². The number of benzene rings is 3. The van der Waals surface area contributed by atoms with Crippen LogP contribution in [0.25, 0.3) is 0 Å². The molecule has 0 aliphatic rings. The van der Waals surface area contributed by atoms with E-state index in [1.807, 2.05) is 61.5 Å². The van der Waals surface area contributed by atoms with E-state index in [0.29, 0.717) is 6.42 Å². The Labute approximate surface area is 228 Å². The number of hydrogen-bond donors (Lipinski definition) is 1. The summed E-state index contributed by atoms with van der Waals surface area (Å²) < 4.78 is 53.0. The standard InChI is InChI=1S/C29H33F2N3O4S/c1-21-10-7-8-13-23(21)20-33(27(29(36)32-2)18-22-11-5-4-6-12-22)28(35)14-9-17-34(39(3,37)38)24-15-16-25(30)26(31)19-24/h4-8,10-13,15-16,19,27H,9,14,17-18,20H2,1-3H3,(H,32,36). The first-order valence-electron chi connectivity index (χ1n) is 12.5. The third-order valence-corrected chi connectivity index (χ3v) is 7.66. The molecule has 0 bridgehead atoms. The van der Waals surface area contributed by atoms with Crippen LogP contribution >= 0.6 is 0 Å². The molecule has 1 N–H and O–H groups in total.